The molecule has 2 aromatic rings. The Hall–Kier alpha value is -1.34. The van der Waals surface area contributed by atoms with E-state index in [0.717, 1.165) is 13.0 Å². The van der Waals surface area contributed by atoms with Crippen molar-refractivity contribution < 1.29 is 0 Å². The van der Waals surface area contributed by atoms with Gasteiger partial charge in [0.1, 0.15) is 0 Å². The second kappa shape index (κ2) is 6.01. The van der Waals surface area contributed by atoms with E-state index in [0.29, 0.717) is 11.8 Å². The number of hydrogen-bond acceptors (Lipinski definition) is 1. The van der Waals surface area contributed by atoms with Gasteiger partial charge in [0.2, 0.25) is 0 Å². The highest BCUT2D eigenvalue weighted by molar-refractivity contribution is 5.85. The molecule has 0 aliphatic rings. The molecule has 1 unspecified atom stereocenters. The summed E-state index contributed by atoms with van der Waals surface area (Å²) >= 11 is 0. The van der Waals surface area contributed by atoms with E-state index < -0.39 is 0 Å². The summed E-state index contributed by atoms with van der Waals surface area (Å²) in [4.78, 5) is 0. The van der Waals surface area contributed by atoms with Crippen LogP contribution in [0.2, 0.25) is 0 Å². The van der Waals surface area contributed by atoms with E-state index in [2.05, 4.69) is 56.3 Å². The lowest BCUT2D eigenvalue weighted by molar-refractivity contribution is 0.416. The van der Waals surface area contributed by atoms with Crippen molar-refractivity contribution in [2.24, 2.45) is 17.6 Å². The summed E-state index contributed by atoms with van der Waals surface area (Å²) in [6, 6.07) is 15.2. The fourth-order valence-electron chi connectivity index (χ4n) is 2.71. The number of nitrogens with two attached hydrogens (primary N) is 1. The van der Waals surface area contributed by atoms with Crippen LogP contribution in [-0.2, 0) is 6.42 Å². The number of hydrogen-bond donors (Lipinski definition) is 1. The van der Waals surface area contributed by atoms with E-state index in [1.165, 1.54) is 22.8 Å². The Morgan fingerprint density at radius 3 is 2.44 bits per heavy atom. The standard InChI is InChI=1S/C17H23N/c1-13(2)10-14(12-18)11-16-8-5-7-15-6-3-4-9-17(15)16/h3-9,13-14H,10-12,18H2,1-2H3. The molecule has 0 aromatic heterocycles. The molecule has 0 heterocycles. The highest BCUT2D eigenvalue weighted by Crippen LogP contribution is 2.23. The van der Waals surface area contributed by atoms with Crippen LogP contribution in [0.25, 0.3) is 10.8 Å². The highest BCUT2D eigenvalue weighted by Gasteiger charge is 2.11. The van der Waals surface area contributed by atoms with Gasteiger partial charge in [0.15, 0.2) is 0 Å². The minimum atomic E-state index is 0.593. The third kappa shape index (κ3) is 3.11. The van der Waals surface area contributed by atoms with E-state index in [1.54, 1.807) is 0 Å². The molecule has 1 heteroatoms. The van der Waals surface area contributed by atoms with Crippen molar-refractivity contribution in [3.05, 3.63) is 48.0 Å². The summed E-state index contributed by atoms with van der Waals surface area (Å²) < 4.78 is 0. The van der Waals surface area contributed by atoms with Gasteiger partial charge in [-0.25, -0.2) is 0 Å². The molecule has 18 heavy (non-hydrogen) atoms. The molecule has 0 aliphatic carbocycles. The zero-order valence-electron chi connectivity index (χ0n) is 11.4. The van der Waals surface area contributed by atoms with E-state index in [1.807, 2.05) is 0 Å². The van der Waals surface area contributed by atoms with Crippen LogP contribution in [0, 0.1) is 11.8 Å². The Bertz CT molecular complexity index is 496. The third-order valence-corrected chi connectivity index (χ3v) is 3.53. The van der Waals surface area contributed by atoms with Crippen LogP contribution >= 0.6 is 0 Å². The molecule has 1 nitrogen and oxygen atoms in total. The fraction of sp³-hybridized carbons (Fsp3) is 0.412. The summed E-state index contributed by atoms with van der Waals surface area (Å²) in [7, 11) is 0. The molecule has 0 fully saturated rings. The molecule has 0 bridgehead atoms. The normalized spacial score (nSPS) is 13.1. The summed E-state index contributed by atoms with van der Waals surface area (Å²) in [5, 5.41) is 2.71. The van der Waals surface area contributed by atoms with Gasteiger partial charge in [-0.05, 0) is 47.6 Å². The molecule has 2 aromatic carbocycles. The minimum absolute atomic E-state index is 0.593. The summed E-state index contributed by atoms with van der Waals surface area (Å²) in [6.07, 6.45) is 2.30. The van der Waals surface area contributed by atoms with Crippen molar-refractivity contribution in [3.63, 3.8) is 0 Å². The first-order valence-corrected chi connectivity index (χ1v) is 6.87. The van der Waals surface area contributed by atoms with Crippen molar-refractivity contribution in [1.82, 2.24) is 0 Å². The van der Waals surface area contributed by atoms with Crippen molar-refractivity contribution in [3.8, 4) is 0 Å². The van der Waals surface area contributed by atoms with Gasteiger partial charge in [-0.2, -0.15) is 0 Å². The van der Waals surface area contributed by atoms with Crippen LogP contribution in [0.15, 0.2) is 42.5 Å². The predicted octanol–water partition coefficient (Wildman–Crippen LogP) is 4.00. The Kier molecular flexibility index (Phi) is 4.38. The van der Waals surface area contributed by atoms with Crippen LogP contribution < -0.4 is 5.73 Å². The quantitative estimate of drug-likeness (QED) is 0.841. The third-order valence-electron chi connectivity index (χ3n) is 3.53. The Balaban J connectivity index is 2.25. The van der Waals surface area contributed by atoms with Crippen LogP contribution in [0.5, 0.6) is 0 Å². The highest BCUT2D eigenvalue weighted by atomic mass is 14.5. The van der Waals surface area contributed by atoms with Crippen LogP contribution in [0.1, 0.15) is 25.8 Å². The van der Waals surface area contributed by atoms with Gasteiger partial charge in [-0.1, -0.05) is 56.3 Å². The molecule has 2 N–H and O–H groups in total. The lowest BCUT2D eigenvalue weighted by Gasteiger charge is -2.18. The lowest BCUT2D eigenvalue weighted by Crippen LogP contribution is -2.18. The lowest BCUT2D eigenvalue weighted by atomic mass is 9.89. The first kappa shape index (κ1) is 13.1. The molecule has 0 radical (unpaired) electrons. The first-order valence-electron chi connectivity index (χ1n) is 6.87. The second-order valence-electron chi connectivity index (χ2n) is 5.57. The zero-order valence-corrected chi connectivity index (χ0v) is 11.4. The molecule has 0 saturated carbocycles. The Morgan fingerprint density at radius 1 is 1.00 bits per heavy atom. The van der Waals surface area contributed by atoms with Gasteiger partial charge >= 0.3 is 0 Å². The Labute approximate surface area is 110 Å². The summed E-state index contributed by atoms with van der Waals surface area (Å²) in [6.45, 7) is 5.32. The molecular weight excluding hydrogens is 218 g/mol. The van der Waals surface area contributed by atoms with Gasteiger partial charge in [-0.15, -0.1) is 0 Å². The molecule has 96 valence electrons. The summed E-state index contributed by atoms with van der Waals surface area (Å²) in [5.41, 5.74) is 7.35. The van der Waals surface area contributed by atoms with Crippen LogP contribution in [0.3, 0.4) is 0 Å². The number of benzene rings is 2. The van der Waals surface area contributed by atoms with E-state index in [-0.39, 0.29) is 0 Å². The van der Waals surface area contributed by atoms with Crippen molar-refractivity contribution >= 4 is 10.8 Å². The molecule has 0 amide bonds. The molecule has 0 spiro atoms. The minimum Gasteiger partial charge on any atom is -0.330 e. The molecule has 0 saturated heterocycles. The Morgan fingerprint density at radius 2 is 1.72 bits per heavy atom. The second-order valence-corrected chi connectivity index (χ2v) is 5.57. The maximum atomic E-state index is 5.91. The van der Waals surface area contributed by atoms with Crippen LogP contribution in [-0.4, -0.2) is 6.54 Å². The van der Waals surface area contributed by atoms with Gasteiger partial charge in [0.25, 0.3) is 0 Å². The van der Waals surface area contributed by atoms with Gasteiger partial charge < -0.3 is 5.73 Å². The van der Waals surface area contributed by atoms with Gasteiger partial charge in [-0.3, -0.25) is 0 Å². The average molecular weight is 241 g/mol. The van der Waals surface area contributed by atoms with E-state index >= 15 is 0 Å². The van der Waals surface area contributed by atoms with Crippen LogP contribution in [0.4, 0.5) is 0 Å². The molecule has 0 aliphatic heterocycles. The maximum Gasteiger partial charge on any atom is -0.00456 e. The topological polar surface area (TPSA) is 26.0 Å². The van der Waals surface area contributed by atoms with Gasteiger partial charge in [0, 0.05) is 0 Å². The largest absolute Gasteiger partial charge is 0.330 e. The fourth-order valence-corrected chi connectivity index (χ4v) is 2.71. The number of rotatable bonds is 5. The van der Waals surface area contributed by atoms with E-state index in [9.17, 15) is 0 Å². The molecular formula is C17H23N. The maximum absolute atomic E-state index is 5.91. The van der Waals surface area contributed by atoms with E-state index in [4.69, 9.17) is 5.73 Å². The summed E-state index contributed by atoms with van der Waals surface area (Å²) in [5.74, 6) is 1.31. The van der Waals surface area contributed by atoms with Crippen molar-refractivity contribution in [1.29, 1.82) is 0 Å². The smallest absolute Gasteiger partial charge is 0.00456 e. The predicted molar refractivity (Wildman–Crippen MR) is 79.7 cm³/mol. The van der Waals surface area contributed by atoms with Gasteiger partial charge in [0.05, 0.1) is 0 Å². The molecule has 2 rings (SSSR count). The SMILES string of the molecule is CC(C)CC(CN)Cc1cccc2ccccc12. The monoisotopic (exact) mass is 241 g/mol. The van der Waals surface area contributed by atoms with Crippen molar-refractivity contribution in [2.75, 3.05) is 6.54 Å². The molecule has 1 atom stereocenters. The number of fused-ring (bicyclic) bond motifs is 1. The first-order chi connectivity index (χ1) is 8.70. The van der Waals surface area contributed by atoms with Crippen molar-refractivity contribution in [2.45, 2.75) is 26.7 Å². The average Bonchev–Trinajstić information content (AvgIpc) is 2.38. The zero-order chi connectivity index (χ0) is 13.0.